The van der Waals surface area contributed by atoms with Crippen molar-refractivity contribution >= 4 is 23.6 Å². The van der Waals surface area contributed by atoms with Crippen molar-refractivity contribution in [1.29, 1.82) is 0 Å². The van der Waals surface area contributed by atoms with Gasteiger partial charge in [0.2, 0.25) is 5.91 Å². The predicted molar refractivity (Wildman–Crippen MR) is 118 cm³/mol. The van der Waals surface area contributed by atoms with Crippen LogP contribution >= 0.6 is 11.8 Å². The number of carbonyl (C=O) groups excluding carboxylic acids is 2. The van der Waals surface area contributed by atoms with Crippen molar-refractivity contribution in [2.75, 3.05) is 5.75 Å². The van der Waals surface area contributed by atoms with Gasteiger partial charge < -0.3 is 15.2 Å². The van der Waals surface area contributed by atoms with Gasteiger partial charge in [0.25, 0.3) is 5.91 Å². The summed E-state index contributed by atoms with van der Waals surface area (Å²) in [5, 5.41) is 15.2. The zero-order chi connectivity index (χ0) is 21.5. The Morgan fingerprint density at radius 3 is 2.70 bits per heavy atom. The van der Waals surface area contributed by atoms with E-state index in [1.807, 2.05) is 42.7 Å². The lowest BCUT2D eigenvalue weighted by Gasteiger charge is -2.29. The number of amides is 2. The van der Waals surface area contributed by atoms with E-state index in [2.05, 4.69) is 27.8 Å². The van der Waals surface area contributed by atoms with Crippen molar-refractivity contribution in [1.82, 2.24) is 25.4 Å². The second-order valence-corrected chi connectivity index (χ2v) is 8.81. The molecule has 0 aliphatic heterocycles. The number of hydrogen-bond acceptors (Lipinski definition) is 5. The van der Waals surface area contributed by atoms with Crippen molar-refractivity contribution < 1.29 is 9.59 Å². The molecule has 1 saturated carbocycles. The zero-order valence-corrected chi connectivity index (χ0v) is 18.8. The van der Waals surface area contributed by atoms with Crippen LogP contribution in [0.25, 0.3) is 0 Å². The van der Waals surface area contributed by atoms with Gasteiger partial charge >= 0.3 is 0 Å². The molecule has 0 radical (unpaired) electrons. The standard InChI is InChI=1S/C22H31N5O2S/c1-4-27-19(13-23-21(29)17-11-7-5-9-15(17)2)25-26-22(27)30-14-20(28)24-18-12-8-6-10-16(18)3/h5,7,9,11,16,18H,4,6,8,10,12-14H2,1-3H3,(H,23,29)(H,24,28)/t16-,18-/m1/s1. The van der Waals surface area contributed by atoms with Crippen LogP contribution in [-0.4, -0.2) is 38.4 Å². The van der Waals surface area contributed by atoms with E-state index in [4.69, 9.17) is 0 Å². The quantitative estimate of drug-likeness (QED) is 0.629. The van der Waals surface area contributed by atoms with Crippen molar-refractivity contribution in [2.24, 2.45) is 5.92 Å². The molecule has 3 rings (SSSR count). The van der Waals surface area contributed by atoms with Gasteiger partial charge in [-0.3, -0.25) is 9.59 Å². The number of nitrogens with zero attached hydrogens (tertiary/aromatic N) is 3. The Balaban J connectivity index is 1.54. The molecule has 30 heavy (non-hydrogen) atoms. The molecule has 0 spiro atoms. The van der Waals surface area contributed by atoms with Gasteiger partial charge in [0.1, 0.15) is 0 Å². The van der Waals surface area contributed by atoms with E-state index < -0.39 is 0 Å². The fourth-order valence-electron chi connectivity index (χ4n) is 3.87. The van der Waals surface area contributed by atoms with Gasteiger partial charge in [0.15, 0.2) is 11.0 Å². The van der Waals surface area contributed by atoms with Crippen LogP contribution < -0.4 is 10.6 Å². The second-order valence-electron chi connectivity index (χ2n) is 7.87. The maximum atomic E-state index is 12.4. The van der Waals surface area contributed by atoms with Crippen LogP contribution in [0, 0.1) is 12.8 Å². The number of benzene rings is 1. The highest BCUT2D eigenvalue weighted by atomic mass is 32.2. The Morgan fingerprint density at radius 2 is 1.97 bits per heavy atom. The van der Waals surface area contributed by atoms with Crippen molar-refractivity contribution in [3.05, 3.63) is 41.2 Å². The Morgan fingerprint density at radius 1 is 1.20 bits per heavy atom. The van der Waals surface area contributed by atoms with Gasteiger partial charge in [0, 0.05) is 18.2 Å². The summed E-state index contributed by atoms with van der Waals surface area (Å²) in [6.07, 6.45) is 4.68. The molecule has 2 amide bonds. The minimum absolute atomic E-state index is 0.0406. The largest absolute Gasteiger partial charge is 0.352 e. The first-order valence-electron chi connectivity index (χ1n) is 10.7. The van der Waals surface area contributed by atoms with Gasteiger partial charge in [-0.05, 0) is 44.2 Å². The summed E-state index contributed by atoms with van der Waals surface area (Å²) in [4.78, 5) is 24.8. The zero-order valence-electron chi connectivity index (χ0n) is 18.0. The highest BCUT2D eigenvalue weighted by Gasteiger charge is 2.23. The molecule has 7 nitrogen and oxygen atoms in total. The molecule has 8 heteroatoms. The fourth-order valence-corrected chi connectivity index (χ4v) is 4.70. The molecule has 1 aliphatic carbocycles. The maximum Gasteiger partial charge on any atom is 0.251 e. The second kappa shape index (κ2) is 10.6. The van der Waals surface area contributed by atoms with Crippen LogP contribution in [0.5, 0.6) is 0 Å². The first-order valence-corrected chi connectivity index (χ1v) is 11.7. The molecule has 0 unspecified atom stereocenters. The third-order valence-electron chi connectivity index (χ3n) is 5.70. The molecular formula is C22H31N5O2S. The molecule has 2 atom stereocenters. The van der Waals surface area contributed by atoms with Crippen LogP contribution in [0.4, 0.5) is 0 Å². The Hall–Kier alpha value is -2.35. The number of carbonyl (C=O) groups is 2. The highest BCUT2D eigenvalue weighted by molar-refractivity contribution is 7.99. The molecule has 0 bridgehead atoms. The van der Waals surface area contributed by atoms with Gasteiger partial charge in [-0.1, -0.05) is 49.7 Å². The summed E-state index contributed by atoms with van der Waals surface area (Å²) in [5.74, 6) is 1.45. The molecule has 0 saturated heterocycles. The van der Waals surface area contributed by atoms with E-state index >= 15 is 0 Å². The van der Waals surface area contributed by atoms with E-state index in [9.17, 15) is 9.59 Å². The minimum Gasteiger partial charge on any atom is -0.352 e. The molecule has 162 valence electrons. The average Bonchev–Trinajstić information content (AvgIpc) is 3.14. The number of aryl methyl sites for hydroxylation is 1. The topological polar surface area (TPSA) is 88.9 Å². The SMILES string of the molecule is CCn1c(CNC(=O)c2ccccc2C)nnc1SCC(=O)N[C@@H]1CCCC[C@H]1C. The lowest BCUT2D eigenvalue weighted by Crippen LogP contribution is -2.41. The lowest BCUT2D eigenvalue weighted by molar-refractivity contribution is -0.119. The van der Waals surface area contributed by atoms with Crippen LogP contribution in [-0.2, 0) is 17.9 Å². The van der Waals surface area contributed by atoms with Crippen LogP contribution in [0.1, 0.15) is 61.3 Å². The summed E-state index contributed by atoms with van der Waals surface area (Å²) in [7, 11) is 0. The molecule has 1 aromatic carbocycles. The maximum absolute atomic E-state index is 12.4. The Labute approximate surface area is 182 Å². The molecule has 1 fully saturated rings. The summed E-state index contributed by atoms with van der Waals surface area (Å²) in [6, 6.07) is 7.77. The normalized spacial score (nSPS) is 18.8. The van der Waals surface area contributed by atoms with Crippen LogP contribution in [0.15, 0.2) is 29.4 Å². The molecule has 2 aromatic rings. The molecular weight excluding hydrogens is 398 g/mol. The van der Waals surface area contributed by atoms with E-state index in [0.29, 0.717) is 41.3 Å². The molecule has 1 heterocycles. The van der Waals surface area contributed by atoms with E-state index in [-0.39, 0.29) is 17.9 Å². The lowest BCUT2D eigenvalue weighted by atomic mass is 9.86. The minimum atomic E-state index is -0.131. The Bertz CT molecular complexity index is 882. The highest BCUT2D eigenvalue weighted by Crippen LogP contribution is 2.24. The predicted octanol–water partition coefficient (Wildman–Crippen LogP) is 3.32. The van der Waals surface area contributed by atoms with E-state index in [0.717, 1.165) is 12.0 Å². The van der Waals surface area contributed by atoms with Gasteiger partial charge in [-0.25, -0.2) is 0 Å². The van der Waals surface area contributed by atoms with E-state index in [1.54, 1.807) is 0 Å². The van der Waals surface area contributed by atoms with Crippen LogP contribution in [0.2, 0.25) is 0 Å². The summed E-state index contributed by atoms with van der Waals surface area (Å²) in [5.41, 5.74) is 1.59. The molecule has 1 aromatic heterocycles. The smallest absolute Gasteiger partial charge is 0.251 e. The third kappa shape index (κ3) is 5.62. The third-order valence-corrected chi connectivity index (χ3v) is 6.66. The van der Waals surface area contributed by atoms with Gasteiger partial charge in [-0.15, -0.1) is 10.2 Å². The first-order chi connectivity index (χ1) is 14.5. The average molecular weight is 430 g/mol. The van der Waals surface area contributed by atoms with Gasteiger partial charge in [0.05, 0.1) is 12.3 Å². The summed E-state index contributed by atoms with van der Waals surface area (Å²) < 4.78 is 1.94. The molecule has 2 N–H and O–H groups in total. The number of aromatic nitrogens is 3. The molecule has 1 aliphatic rings. The van der Waals surface area contributed by atoms with Crippen molar-refractivity contribution in [3.8, 4) is 0 Å². The summed E-state index contributed by atoms with van der Waals surface area (Å²) in [6.45, 7) is 7.09. The summed E-state index contributed by atoms with van der Waals surface area (Å²) >= 11 is 1.39. The van der Waals surface area contributed by atoms with Crippen LogP contribution in [0.3, 0.4) is 0 Å². The van der Waals surface area contributed by atoms with Crippen molar-refractivity contribution in [2.45, 2.75) is 70.7 Å². The number of thioether (sulfide) groups is 1. The van der Waals surface area contributed by atoms with E-state index in [1.165, 1.54) is 31.0 Å². The first kappa shape index (κ1) is 22.3. The van der Waals surface area contributed by atoms with Crippen molar-refractivity contribution in [3.63, 3.8) is 0 Å². The fraction of sp³-hybridized carbons (Fsp3) is 0.545. The van der Waals surface area contributed by atoms with Gasteiger partial charge in [-0.2, -0.15) is 0 Å². The Kier molecular flexibility index (Phi) is 7.90. The monoisotopic (exact) mass is 429 g/mol. The number of nitrogens with one attached hydrogen (secondary N) is 2. The number of rotatable bonds is 8. The number of hydrogen-bond donors (Lipinski definition) is 2.